The van der Waals surface area contributed by atoms with Crippen LogP contribution in [0.4, 0.5) is 0 Å². The van der Waals surface area contributed by atoms with Gasteiger partial charge in [-0.2, -0.15) is 8.42 Å². The van der Waals surface area contributed by atoms with E-state index in [2.05, 4.69) is 11.3 Å². The van der Waals surface area contributed by atoms with Crippen molar-refractivity contribution in [1.29, 1.82) is 0 Å². The van der Waals surface area contributed by atoms with Gasteiger partial charge in [0.15, 0.2) is 0 Å². The van der Waals surface area contributed by atoms with E-state index in [-0.39, 0.29) is 4.90 Å². The number of sulfonamides is 1. The number of benzene rings is 1. The van der Waals surface area contributed by atoms with Crippen LogP contribution < -0.4 is 0 Å². The summed E-state index contributed by atoms with van der Waals surface area (Å²) in [6.07, 6.45) is 3.87. The standard InChI is InChI=1S/C17H28N2O2S/c1-5-8-9-10-17(19(6-2)7-3)18-22(20,21)16-13-11-15(4)12-14-16/h11-14H,5-10H2,1-4H3/b18-17-. The zero-order valence-corrected chi connectivity index (χ0v) is 15.0. The minimum Gasteiger partial charge on any atom is -0.360 e. The fourth-order valence-corrected chi connectivity index (χ4v) is 3.35. The molecule has 0 radical (unpaired) electrons. The van der Waals surface area contributed by atoms with Crippen LogP contribution >= 0.6 is 0 Å². The lowest BCUT2D eigenvalue weighted by atomic mass is 10.2. The molecule has 124 valence electrons. The van der Waals surface area contributed by atoms with E-state index in [1.165, 1.54) is 0 Å². The summed E-state index contributed by atoms with van der Waals surface area (Å²) in [7, 11) is -3.63. The number of hydrogen-bond donors (Lipinski definition) is 0. The first-order chi connectivity index (χ1) is 10.4. The maximum Gasteiger partial charge on any atom is 0.283 e. The number of hydrogen-bond acceptors (Lipinski definition) is 2. The SMILES string of the molecule is CCCCC/C(=N/S(=O)(=O)c1ccc(C)cc1)N(CC)CC. The van der Waals surface area contributed by atoms with Crippen LogP contribution in [0.1, 0.15) is 52.0 Å². The Hall–Kier alpha value is -1.36. The Morgan fingerprint density at radius 2 is 1.64 bits per heavy atom. The van der Waals surface area contributed by atoms with Crippen molar-refractivity contribution in [2.24, 2.45) is 4.40 Å². The Labute approximate surface area is 135 Å². The van der Waals surface area contributed by atoms with E-state index in [1.54, 1.807) is 24.3 Å². The molecule has 0 atom stereocenters. The van der Waals surface area contributed by atoms with E-state index in [0.717, 1.165) is 37.9 Å². The summed E-state index contributed by atoms with van der Waals surface area (Å²) in [5.41, 5.74) is 1.04. The minimum atomic E-state index is -3.63. The van der Waals surface area contributed by atoms with Gasteiger partial charge in [-0.3, -0.25) is 0 Å². The van der Waals surface area contributed by atoms with Gasteiger partial charge in [0, 0.05) is 19.5 Å². The molecule has 0 heterocycles. The summed E-state index contributed by atoms with van der Waals surface area (Å²) in [5.74, 6) is 0.680. The quantitative estimate of drug-likeness (QED) is 0.412. The van der Waals surface area contributed by atoms with Gasteiger partial charge in [0.2, 0.25) is 0 Å². The molecule has 0 saturated heterocycles. The number of aryl methyl sites for hydroxylation is 1. The summed E-state index contributed by atoms with van der Waals surface area (Å²) in [6, 6.07) is 6.85. The van der Waals surface area contributed by atoms with E-state index < -0.39 is 10.0 Å². The van der Waals surface area contributed by atoms with Gasteiger partial charge in [0.25, 0.3) is 10.0 Å². The molecule has 0 aliphatic carbocycles. The third-order valence-electron chi connectivity index (χ3n) is 3.68. The van der Waals surface area contributed by atoms with Crippen molar-refractivity contribution in [2.75, 3.05) is 13.1 Å². The second-order valence-corrected chi connectivity index (χ2v) is 7.03. The minimum absolute atomic E-state index is 0.262. The maximum atomic E-state index is 12.5. The van der Waals surface area contributed by atoms with Crippen molar-refractivity contribution in [3.8, 4) is 0 Å². The normalized spacial score (nSPS) is 12.5. The molecular formula is C17H28N2O2S. The molecule has 4 nitrogen and oxygen atoms in total. The predicted octanol–water partition coefficient (Wildman–Crippen LogP) is 4.00. The van der Waals surface area contributed by atoms with Crippen molar-refractivity contribution in [2.45, 2.75) is 58.3 Å². The second kappa shape index (κ2) is 8.93. The molecule has 0 N–H and O–H groups in total. The lowest BCUT2D eigenvalue weighted by molar-refractivity contribution is 0.452. The summed E-state index contributed by atoms with van der Waals surface area (Å²) in [6.45, 7) is 9.66. The first kappa shape index (κ1) is 18.7. The summed E-state index contributed by atoms with van der Waals surface area (Å²) in [4.78, 5) is 2.29. The number of rotatable bonds is 8. The molecule has 0 fully saturated rings. The van der Waals surface area contributed by atoms with Crippen molar-refractivity contribution >= 4 is 15.9 Å². The van der Waals surface area contributed by atoms with Crippen LogP contribution in [0, 0.1) is 6.92 Å². The van der Waals surface area contributed by atoms with Crippen molar-refractivity contribution in [3.63, 3.8) is 0 Å². The van der Waals surface area contributed by atoms with Crippen LogP contribution in [0.25, 0.3) is 0 Å². The largest absolute Gasteiger partial charge is 0.360 e. The molecule has 0 spiro atoms. The Bertz CT molecular complexity index is 573. The smallest absolute Gasteiger partial charge is 0.283 e. The zero-order chi connectivity index (χ0) is 16.6. The summed E-state index contributed by atoms with van der Waals surface area (Å²) in [5, 5.41) is 0. The van der Waals surface area contributed by atoms with Crippen molar-refractivity contribution in [3.05, 3.63) is 29.8 Å². The van der Waals surface area contributed by atoms with Gasteiger partial charge in [0.05, 0.1) is 4.90 Å². The molecule has 0 unspecified atom stereocenters. The molecule has 0 aliphatic rings. The highest BCUT2D eigenvalue weighted by atomic mass is 32.2. The first-order valence-electron chi connectivity index (χ1n) is 8.10. The first-order valence-corrected chi connectivity index (χ1v) is 9.54. The predicted molar refractivity (Wildman–Crippen MR) is 92.9 cm³/mol. The van der Waals surface area contributed by atoms with E-state index in [9.17, 15) is 8.42 Å². The van der Waals surface area contributed by atoms with Crippen LogP contribution in [-0.2, 0) is 10.0 Å². The Morgan fingerprint density at radius 3 is 2.14 bits per heavy atom. The van der Waals surface area contributed by atoms with Gasteiger partial charge in [-0.1, -0.05) is 37.5 Å². The van der Waals surface area contributed by atoms with Gasteiger partial charge < -0.3 is 4.90 Å². The van der Waals surface area contributed by atoms with Gasteiger partial charge in [-0.15, -0.1) is 4.40 Å². The van der Waals surface area contributed by atoms with Crippen LogP contribution in [0.15, 0.2) is 33.6 Å². The fraction of sp³-hybridized carbons (Fsp3) is 0.588. The highest BCUT2D eigenvalue weighted by Crippen LogP contribution is 2.16. The molecule has 0 saturated carbocycles. The van der Waals surface area contributed by atoms with E-state index in [1.807, 2.05) is 25.7 Å². The highest BCUT2D eigenvalue weighted by molar-refractivity contribution is 7.90. The lowest BCUT2D eigenvalue weighted by Gasteiger charge is -2.22. The molecular weight excluding hydrogens is 296 g/mol. The maximum absolute atomic E-state index is 12.5. The highest BCUT2D eigenvalue weighted by Gasteiger charge is 2.16. The molecule has 0 aromatic heterocycles. The van der Waals surface area contributed by atoms with Crippen molar-refractivity contribution < 1.29 is 8.42 Å². The molecule has 0 bridgehead atoms. The topological polar surface area (TPSA) is 49.7 Å². The lowest BCUT2D eigenvalue weighted by Crippen LogP contribution is -2.31. The Kier molecular flexibility index (Phi) is 7.59. The van der Waals surface area contributed by atoms with E-state index in [4.69, 9.17) is 0 Å². The monoisotopic (exact) mass is 324 g/mol. The van der Waals surface area contributed by atoms with Crippen LogP contribution in [0.2, 0.25) is 0 Å². The fourth-order valence-electron chi connectivity index (χ4n) is 2.28. The molecule has 5 heteroatoms. The molecule has 0 aliphatic heterocycles. The molecule has 22 heavy (non-hydrogen) atoms. The Morgan fingerprint density at radius 1 is 1.05 bits per heavy atom. The molecule has 1 aromatic rings. The zero-order valence-electron chi connectivity index (χ0n) is 14.2. The van der Waals surface area contributed by atoms with Gasteiger partial charge in [-0.25, -0.2) is 0 Å². The van der Waals surface area contributed by atoms with Crippen LogP contribution in [0.3, 0.4) is 0 Å². The van der Waals surface area contributed by atoms with Crippen LogP contribution in [0.5, 0.6) is 0 Å². The number of unbranched alkanes of at least 4 members (excludes halogenated alkanes) is 2. The van der Waals surface area contributed by atoms with Gasteiger partial charge in [-0.05, 0) is 39.3 Å². The molecule has 1 aromatic carbocycles. The number of nitrogens with zero attached hydrogens (tertiary/aromatic N) is 2. The third-order valence-corrected chi connectivity index (χ3v) is 5.00. The summed E-state index contributed by atoms with van der Waals surface area (Å²) >= 11 is 0. The summed E-state index contributed by atoms with van der Waals surface area (Å²) < 4.78 is 29.2. The average Bonchev–Trinajstić information content (AvgIpc) is 2.48. The Balaban J connectivity index is 3.09. The number of amidine groups is 1. The average molecular weight is 324 g/mol. The van der Waals surface area contributed by atoms with Crippen LogP contribution in [-0.4, -0.2) is 32.2 Å². The second-order valence-electron chi connectivity index (χ2n) is 5.43. The van der Waals surface area contributed by atoms with Crippen molar-refractivity contribution in [1.82, 2.24) is 4.90 Å². The molecule has 0 amide bonds. The van der Waals surface area contributed by atoms with Gasteiger partial charge in [0.1, 0.15) is 5.84 Å². The van der Waals surface area contributed by atoms with E-state index in [0.29, 0.717) is 12.3 Å². The van der Waals surface area contributed by atoms with E-state index >= 15 is 0 Å². The third kappa shape index (κ3) is 5.44. The van der Waals surface area contributed by atoms with Gasteiger partial charge >= 0.3 is 0 Å². The molecule has 1 rings (SSSR count).